The van der Waals surface area contributed by atoms with Crippen LogP contribution in [0.5, 0.6) is 5.75 Å². The van der Waals surface area contributed by atoms with E-state index in [1.165, 1.54) is 13.2 Å². The molecule has 0 bridgehead atoms. The molecule has 0 radical (unpaired) electrons. The molecule has 18 heavy (non-hydrogen) atoms. The Bertz CT molecular complexity index is 436. The SMILES string of the molecule is COC(=O)c1cc(N)cc(Cl)c1OCCN(C)C. The highest BCUT2D eigenvalue weighted by Crippen LogP contribution is 2.32. The van der Waals surface area contributed by atoms with Crippen LogP contribution in [0.2, 0.25) is 5.02 Å². The minimum absolute atomic E-state index is 0.237. The van der Waals surface area contributed by atoms with Gasteiger partial charge in [0.05, 0.1) is 12.1 Å². The lowest BCUT2D eigenvalue weighted by Gasteiger charge is -2.15. The lowest BCUT2D eigenvalue weighted by molar-refractivity contribution is 0.0596. The van der Waals surface area contributed by atoms with Gasteiger partial charge in [0.2, 0.25) is 0 Å². The van der Waals surface area contributed by atoms with Gasteiger partial charge in [-0.3, -0.25) is 0 Å². The van der Waals surface area contributed by atoms with E-state index >= 15 is 0 Å². The number of nitrogens with two attached hydrogens (primary N) is 1. The smallest absolute Gasteiger partial charge is 0.341 e. The van der Waals surface area contributed by atoms with Gasteiger partial charge in [-0.2, -0.15) is 0 Å². The van der Waals surface area contributed by atoms with Crippen LogP contribution in [0, 0.1) is 0 Å². The largest absolute Gasteiger partial charge is 0.490 e. The molecule has 0 aliphatic heterocycles. The fourth-order valence-corrected chi connectivity index (χ4v) is 1.64. The number of rotatable bonds is 5. The molecule has 0 saturated heterocycles. The second-order valence-electron chi connectivity index (χ2n) is 4.02. The molecule has 0 heterocycles. The molecule has 0 amide bonds. The number of halogens is 1. The topological polar surface area (TPSA) is 64.8 Å². The molecule has 0 aliphatic carbocycles. The highest BCUT2D eigenvalue weighted by Gasteiger charge is 2.17. The monoisotopic (exact) mass is 272 g/mol. The van der Waals surface area contributed by atoms with Crippen LogP contribution in [0.3, 0.4) is 0 Å². The summed E-state index contributed by atoms with van der Waals surface area (Å²) in [6, 6.07) is 3.03. The molecule has 0 spiro atoms. The summed E-state index contributed by atoms with van der Waals surface area (Å²) in [6.07, 6.45) is 0. The van der Waals surface area contributed by atoms with Crippen LogP contribution in [-0.2, 0) is 4.74 Å². The fraction of sp³-hybridized carbons (Fsp3) is 0.417. The molecule has 0 unspecified atom stereocenters. The van der Waals surface area contributed by atoms with Gasteiger partial charge in [-0.25, -0.2) is 4.79 Å². The summed E-state index contributed by atoms with van der Waals surface area (Å²) in [6.45, 7) is 1.13. The molecular formula is C12H17ClN2O3. The molecule has 0 atom stereocenters. The Balaban J connectivity index is 2.96. The molecule has 5 nitrogen and oxygen atoms in total. The zero-order valence-electron chi connectivity index (χ0n) is 10.7. The van der Waals surface area contributed by atoms with Gasteiger partial charge in [-0.1, -0.05) is 11.6 Å². The Hall–Kier alpha value is -1.46. The highest BCUT2D eigenvalue weighted by molar-refractivity contribution is 6.33. The maximum absolute atomic E-state index is 11.6. The first-order valence-corrected chi connectivity index (χ1v) is 5.78. The average molecular weight is 273 g/mol. The Morgan fingerprint density at radius 2 is 2.11 bits per heavy atom. The van der Waals surface area contributed by atoms with Crippen molar-refractivity contribution in [3.05, 3.63) is 22.7 Å². The molecule has 0 saturated carbocycles. The number of likely N-dealkylation sites (N-methyl/N-ethyl adjacent to an activating group) is 1. The molecule has 0 aliphatic rings. The molecule has 1 rings (SSSR count). The van der Waals surface area contributed by atoms with Gasteiger partial charge in [0.15, 0.2) is 5.75 Å². The molecule has 2 N–H and O–H groups in total. The lowest BCUT2D eigenvalue weighted by Crippen LogP contribution is -2.20. The first kappa shape index (κ1) is 14.6. The Kier molecular flexibility index (Phi) is 5.25. The van der Waals surface area contributed by atoms with Crippen LogP contribution in [0.15, 0.2) is 12.1 Å². The van der Waals surface area contributed by atoms with Gasteiger partial charge in [0.1, 0.15) is 12.2 Å². The Labute approximate surface area is 111 Å². The Morgan fingerprint density at radius 1 is 1.44 bits per heavy atom. The highest BCUT2D eigenvalue weighted by atomic mass is 35.5. The van der Waals surface area contributed by atoms with E-state index in [2.05, 4.69) is 4.74 Å². The first-order chi connectivity index (χ1) is 8.45. The summed E-state index contributed by atoms with van der Waals surface area (Å²) in [7, 11) is 5.15. The van der Waals surface area contributed by atoms with Gasteiger partial charge >= 0.3 is 5.97 Å². The van der Waals surface area contributed by atoms with Crippen molar-refractivity contribution in [2.24, 2.45) is 0 Å². The van der Waals surface area contributed by atoms with Gasteiger partial charge in [-0.05, 0) is 26.2 Å². The summed E-state index contributed by atoms with van der Waals surface area (Å²) >= 11 is 6.02. The van der Waals surface area contributed by atoms with Crippen molar-refractivity contribution >= 4 is 23.3 Å². The third-order valence-corrected chi connectivity index (χ3v) is 2.54. The van der Waals surface area contributed by atoms with Crippen LogP contribution in [0.4, 0.5) is 5.69 Å². The number of ether oxygens (including phenoxy) is 2. The summed E-state index contributed by atoms with van der Waals surface area (Å²) in [4.78, 5) is 13.6. The number of methoxy groups -OCH3 is 1. The van der Waals surface area contributed by atoms with Crippen LogP contribution in [0.1, 0.15) is 10.4 Å². The number of benzene rings is 1. The van der Waals surface area contributed by atoms with Crippen molar-refractivity contribution in [2.45, 2.75) is 0 Å². The zero-order valence-corrected chi connectivity index (χ0v) is 11.5. The molecule has 6 heteroatoms. The van der Waals surface area contributed by atoms with Crippen LogP contribution < -0.4 is 10.5 Å². The van der Waals surface area contributed by atoms with Crippen LogP contribution >= 0.6 is 11.6 Å². The summed E-state index contributed by atoms with van der Waals surface area (Å²) in [5, 5.41) is 0.300. The molecular weight excluding hydrogens is 256 g/mol. The zero-order chi connectivity index (χ0) is 13.7. The standard InChI is InChI=1S/C12H17ClN2O3/c1-15(2)4-5-18-11-9(12(16)17-3)6-8(14)7-10(11)13/h6-7H,4-5,14H2,1-3H3. The second kappa shape index (κ2) is 6.47. The fourth-order valence-electron chi connectivity index (χ4n) is 1.35. The molecule has 1 aromatic carbocycles. The first-order valence-electron chi connectivity index (χ1n) is 5.40. The third kappa shape index (κ3) is 3.78. The second-order valence-corrected chi connectivity index (χ2v) is 4.43. The molecule has 0 aromatic heterocycles. The van der Waals surface area contributed by atoms with E-state index < -0.39 is 5.97 Å². The van der Waals surface area contributed by atoms with Crippen molar-refractivity contribution in [3.8, 4) is 5.75 Å². The van der Waals surface area contributed by atoms with Crippen molar-refractivity contribution in [2.75, 3.05) is 40.1 Å². The quantitative estimate of drug-likeness (QED) is 0.652. The number of esters is 1. The molecule has 1 aromatic rings. The predicted molar refractivity (Wildman–Crippen MR) is 71.3 cm³/mol. The normalized spacial score (nSPS) is 10.5. The van der Waals surface area contributed by atoms with Gasteiger partial charge in [-0.15, -0.1) is 0 Å². The number of hydrogen-bond donors (Lipinski definition) is 1. The van der Waals surface area contributed by atoms with Crippen molar-refractivity contribution in [1.82, 2.24) is 4.90 Å². The average Bonchev–Trinajstić information content (AvgIpc) is 2.30. The van der Waals surface area contributed by atoms with E-state index in [4.69, 9.17) is 22.1 Å². The maximum atomic E-state index is 11.6. The molecule has 100 valence electrons. The van der Waals surface area contributed by atoms with Crippen molar-refractivity contribution < 1.29 is 14.3 Å². The van der Waals surface area contributed by atoms with Crippen molar-refractivity contribution in [3.63, 3.8) is 0 Å². The van der Waals surface area contributed by atoms with E-state index in [1.807, 2.05) is 19.0 Å². The minimum Gasteiger partial charge on any atom is -0.490 e. The number of carbonyl (C=O) groups is 1. The van der Waals surface area contributed by atoms with Crippen molar-refractivity contribution in [1.29, 1.82) is 0 Å². The van der Waals surface area contributed by atoms with E-state index in [1.54, 1.807) is 6.07 Å². The maximum Gasteiger partial charge on any atom is 0.341 e. The summed E-state index contributed by atoms with van der Waals surface area (Å²) in [5.41, 5.74) is 6.27. The van der Waals surface area contributed by atoms with E-state index in [0.717, 1.165) is 0 Å². The van der Waals surface area contributed by atoms with E-state index in [9.17, 15) is 4.79 Å². The van der Waals surface area contributed by atoms with E-state index in [-0.39, 0.29) is 5.56 Å². The van der Waals surface area contributed by atoms with Crippen LogP contribution in [0.25, 0.3) is 0 Å². The number of nitrogens with zero attached hydrogens (tertiary/aromatic N) is 1. The number of anilines is 1. The Morgan fingerprint density at radius 3 is 2.67 bits per heavy atom. The van der Waals surface area contributed by atoms with E-state index in [0.29, 0.717) is 29.6 Å². The lowest BCUT2D eigenvalue weighted by atomic mass is 10.2. The molecule has 0 fully saturated rings. The van der Waals surface area contributed by atoms with Crippen LogP contribution in [-0.4, -0.2) is 45.2 Å². The number of carbonyl (C=O) groups excluding carboxylic acids is 1. The minimum atomic E-state index is -0.524. The van der Waals surface area contributed by atoms with Gasteiger partial charge in [0, 0.05) is 12.2 Å². The van der Waals surface area contributed by atoms with Gasteiger partial charge in [0.25, 0.3) is 0 Å². The summed E-state index contributed by atoms with van der Waals surface area (Å²) in [5.74, 6) is -0.219. The summed E-state index contributed by atoms with van der Waals surface area (Å²) < 4.78 is 10.2. The third-order valence-electron chi connectivity index (χ3n) is 2.26. The number of hydrogen-bond acceptors (Lipinski definition) is 5. The predicted octanol–water partition coefficient (Wildman–Crippen LogP) is 1.65. The number of nitrogen functional groups attached to an aromatic ring is 1. The van der Waals surface area contributed by atoms with Gasteiger partial charge < -0.3 is 20.1 Å².